The van der Waals surface area contributed by atoms with Gasteiger partial charge < -0.3 is 9.47 Å². The lowest BCUT2D eigenvalue weighted by atomic mass is 9.92. The van der Waals surface area contributed by atoms with Crippen LogP contribution in [0.15, 0.2) is 30.3 Å². The average molecular weight is 306 g/mol. The highest BCUT2D eigenvalue weighted by Gasteiger charge is 2.23. The molecule has 0 N–H and O–H groups in total. The first-order valence-corrected chi connectivity index (χ1v) is 9.11. The van der Waals surface area contributed by atoms with E-state index in [1.165, 1.54) is 44.1 Å². The van der Waals surface area contributed by atoms with Crippen LogP contribution in [0.2, 0.25) is 0 Å². The summed E-state index contributed by atoms with van der Waals surface area (Å²) in [6.45, 7) is 7.74. The second-order valence-corrected chi connectivity index (χ2v) is 5.85. The first-order valence-electron chi connectivity index (χ1n) is 9.11. The zero-order valence-electron chi connectivity index (χ0n) is 14.7. The quantitative estimate of drug-likeness (QED) is 0.332. The Morgan fingerprint density at radius 1 is 0.773 bits per heavy atom. The Bertz CT molecular complexity index is 344. The number of rotatable bonds is 13. The van der Waals surface area contributed by atoms with Crippen LogP contribution in [0.25, 0.3) is 0 Å². The summed E-state index contributed by atoms with van der Waals surface area (Å²) in [5, 5.41) is 0. The van der Waals surface area contributed by atoms with Gasteiger partial charge in [0.1, 0.15) is 0 Å². The lowest BCUT2D eigenvalue weighted by molar-refractivity contribution is -0.151. The van der Waals surface area contributed by atoms with Crippen molar-refractivity contribution < 1.29 is 9.47 Å². The summed E-state index contributed by atoms with van der Waals surface area (Å²) < 4.78 is 11.7. The lowest BCUT2D eigenvalue weighted by Gasteiger charge is -2.27. The Kier molecular flexibility index (Phi) is 11.0. The predicted molar refractivity (Wildman–Crippen MR) is 94.2 cm³/mol. The fourth-order valence-corrected chi connectivity index (χ4v) is 2.91. The summed E-state index contributed by atoms with van der Waals surface area (Å²) in [6.07, 6.45) is 8.98. The third kappa shape index (κ3) is 7.42. The molecule has 2 nitrogen and oxygen atoms in total. The second-order valence-electron chi connectivity index (χ2n) is 5.85. The van der Waals surface area contributed by atoms with Gasteiger partial charge in [-0.2, -0.15) is 0 Å². The molecule has 1 aromatic carbocycles. The minimum absolute atomic E-state index is 0.118. The van der Waals surface area contributed by atoms with E-state index in [-0.39, 0.29) is 6.29 Å². The molecule has 0 bridgehead atoms. The van der Waals surface area contributed by atoms with Crippen molar-refractivity contribution in [2.24, 2.45) is 0 Å². The van der Waals surface area contributed by atoms with E-state index in [1.807, 2.05) is 13.8 Å². The number of unbranched alkanes of at least 4 members (excludes halogenated alkanes) is 5. The highest BCUT2D eigenvalue weighted by molar-refractivity contribution is 5.20. The summed E-state index contributed by atoms with van der Waals surface area (Å²) in [5.41, 5.74) is 1.34. The van der Waals surface area contributed by atoms with E-state index < -0.39 is 0 Å². The minimum Gasteiger partial charge on any atom is -0.352 e. The summed E-state index contributed by atoms with van der Waals surface area (Å²) in [5.74, 6) is 0.340. The van der Waals surface area contributed by atoms with Gasteiger partial charge in [-0.05, 0) is 25.8 Å². The number of ether oxygens (including phenoxy) is 2. The fourth-order valence-electron chi connectivity index (χ4n) is 2.91. The van der Waals surface area contributed by atoms with Crippen molar-refractivity contribution in [3.05, 3.63) is 35.9 Å². The first kappa shape index (κ1) is 19.2. The normalized spacial score (nSPS) is 12.7. The Labute approximate surface area is 137 Å². The topological polar surface area (TPSA) is 18.5 Å². The lowest BCUT2D eigenvalue weighted by Crippen LogP contribution is -2.26. The minimum atomic E-state index is -0.118. The number of hydrogen-bond donors (Lipinski definition) is 0. The molecule has 1 atom stereocenters. The highest BCUT2D eigenvalue weighted by atomic mass is 16.7. The second kappa shape index (κ2) is 12.7. The molecule has 2 heteroatoms. The van der Waals surface area contributed by atoms with Crippen LogP contribution in [-0.4, -0.2) is 19.5 Å². The van der Waals surface area contributed by atoms with Gasteiger partial charge in [-0.1, -0.05) is 75.8 Å². The first-order chi connectivity index (χ1) is 10.8. The molecule has 0 aromatic heterocycles. The van der Waals surface area contributed by atoms with Crippen LogP contribution in [0.4, 0.5) is 0 Å². The predicted octanol–water partition coefficient (Wildman–Crippen LogP) is 5.92. The van der Waals surface area contributed by atoms with Crippen LogP contribution in [0.5, 0.6) is 0 Å². The number of hydrogen-bond acceptors (Lipinski definition) is 2. The van der Waals surface area contributed by atoms with Crippen molar-refractivity contribution in [3.8, 4) is 0 Å². The van der Waals surface area contributed by atoms with Crippen molar-refractivity contribution in [3.63, 3.8) is 0 Å². The van der Waals surface area contributed by atoms with Gasteiger partial charge in [0.05, 0.1) is 0 Å². The Morgan fingerprint density at radius 2 is 1.36 bits per heavy atom. The van der Waals surface area contributed by atoms with Gasteiger partial charge in [0.2, 0.25) is 0 Å². The van der Waals surface area contributed by atoms with Crippen LogP contribution in [0.3, 0.4) is 0 Å². The van der Waals surface area contributed by atoms with Crippen LogP contribution < -0.4 is 0 Å². The van der Waals surface area contributed by atoms with Gasteiger partial charge in [-0.25, -0.2) is 0 Å². The van der Waals surface area contributed by atoms with Crippen LogP contribution in [0, 0.1) is 0 Å². The van der Waals surface area contributed by atoms with Gasteiger partial charge in [0.25, 0.3) is 0 Å². The molecule has 0 aliphatic rings. The van der Waals surface area contributed by atoms with Gasteiger partial charge in [-0.3, -0.25) is 0 Å². The summed E-state index contributed by atoms with van der Waals surface area (Å²) in [7, 11) is 0. The molecule has 0 saturated heterocycles. The van der Waals surface area contributed by atoms with Gasteiger partial charge in [0, 0.05) is 19.1 Å². The zero-order chi connectivity index (χ0) is 16.0. The Hall–Kier alpha value is -0.860. The molecular formula is C20H34O2. The molecule has 0 aliphatic heterocycles. The molecule has 0 heterocycles. The Balaban J connectivity index is 2.57. The van der Waals surface area contributed by atoms with E-state index in [1.54, 1.807) is 0 Å². The third-order valence-electron chi connectivity index (χ3n) is 4.09. The van der Waals surface area contributed by atoms with E-state index in [2.05, 4.69) is 37.3 Å². The van der Waals surface area contributed by atoms with Crippen LogP contribution in [-0.2, 0) is 9.47 Å². The van der Waals surface area contributed by atoms with Crippen molar-refractivity contribution in [1.29, 1.82) is 0 Å². The van der Waals surface area contributed by atoms with Gasteiger partial charge in [-0.15, -0.1) is 0 Å². The fraction of sp³-hybridized carbons (Fsp3) is 0.700. The van der Waals surface area contributed by atoms with E-state index in [4.69, 9.17) is 9.47 Å². The largest absolute Gasteiger partial charge is 0.352 e. The third-order valence-corrected chi connectivity index (χ3v) is 4.09. The van der Waals surface area contributed by atoms with Crippen molar-refractivity contribution in [2.45, 2.75) is 77.9 Å². The molecule has 22 heavy (non-hydrogen) atoms. The molecule has 0 spiro atoms. The Morgan fingerprint density at radius 3 is 1.95 bits per heavy atom. The van der Waals surface area contributed by atoms with Gasteiger partial charge >= 0.3 is 0 Å². The maximum absolute atomic E-state index is 5.87. The SMILES string of the molecule is CCCCCCCCC(c1ccccc1)C(OCC)OCC. The van der Waals surface area contributed by atoms with Crippen LogP contribution >= 0.6 is 0 Å². The monoisotopic (exact) mass is 306 g/mol. The van der Waals surface area contributed by atoms with E-state index in [0.717, 1.165) is 6.42 Å². The maximum atomic E-state index is 5.87. The standard InChI is InChI=1S/C20H34O2/c1-4-7-8-9-10-14-17-19(18-15-12-11-13-16-18)20(21-5-2)22-6-3/h11-13,15-16,19-20H,4-10,14,17H2,1-3H3. The molecule has 0 saturated carbocycles. The summed E-state index contributed by atoms with van der Waals surface area (Å²) >= 11 is 0. The van der Waals surface area contributed by atoms with Gasteiger partial charge in [0.15, 0.2) is 6.29 Å². The smallest absolute Gasteiger partial charge is 0.164 e. The summed E-state index contributed by atoms with van der Waals surface area (Å²) in [6, 6.07) is 10.7. The molecule has 0 radical (unpaired) electrons. The molecule has 1 rings (SSSR count). The molecule has 0 aliphatic carbocycles. The molecule has 126 valence electrons. The van der Waals surface area contributed by atoms with Crippen molar-refractivity contribution in [1.82, 2.24) is 0 Å². The molecule has 1 unspecified atom stereocenters. The molecule has 0 fully saturated rings. The zero-order valence-corrected chi connectivity index (χ0v) is 14.7. The molecule has 1 aromatic rings. The maximum Gasteiger partial charge on any atom is 0.164 e. The van der Waals surface area contributed by atoms with Crippen molar-refractivity contribution in [2.75, 3.05) is 13.2 Å². The van der Waals surface area contributed by atoms with Crippen LogP contribution in [0.1, 0.15) is 77.2 Å². The van der Waals surface area contributed by atoms with E-state index in [9.17, 15) is 0 Å². The molecular weight excluding hydrogens is 272 g/mol. The van der Waals surface area contributed by atoms with Crippen molar-refractivity contribution >= 4 is 0 Å². The molecule has 0 amide bonds. The van der Waals surface area contributed by atoms with E-state index >= 15 is 0 Å². The van der Waals surface area contributed by atoms with E-state index in [0.29, 0.717) is 19.1 Å². The summed E-state index contributed by atoms with van der Waals surface area (Å²) in [4.78, 5) is 0. The average Bonchev–Trinajstić information content (AvgIpc) is 2.55. The highest BCUT2D eigenvalue weighted by Crippen LogP contribution is 2.29. The number of benzene rings is 1.